The van der Waals surface area contributed by atoms with Crippen molar-refractivity contribution >= 4 is 10.0 Å². The van der Waals surface area contributed by atoms with Gasteiger partial charge >= 0.3 is 0 Å². The highest BCUT2D eigenvalue weighted by molar-refractivity contribution is 7.88. The van der Waals surface area contributed by atoms with Crippen LogP contribution in [-0.2, 0) is 10.0 Å². The Morgan fingerprint density at radius 3 is 2.80 bits per heavy atom. The maximum Gasteiger partial charge on any atom is 0.211 e. The van der Waals surface area contributed by atoms with Crippen molar-refractivity contribution in [2.24, 2.45) is 0 Å². The molecule has 1 unspecified atom stereocenters. The average Bonchev–Trinajstić information content (AvgIpc) is 3.10. The molecule has 0 amide bonds. The minimum Gasteiger partial charge on any atom is -0.276 e. The zero-order chi connectivity index (χ0) is 14.2. The zero-order valence-electron chi connectivity index (χ0n) is 11.0. The summed E-state index contributed by atoms with van der Waals surface area (Å²) >= 11 is 0. The van der Waals surface area contributed by atoms with Crippen LogP contribution in [-0.4, -0.2) is 45.7 Å². The number of aromatic amines is 1. The Morgan fingerprint density at radius 1 is 1.35 bits per heavy atom. The molecule has 0 aromatic carbocycles. The minimum absolute atomic E-state index is 0.201. The molecular formula is C12H15N5O2S. The van der Waals surface area contributed by atoms with E-state index in [0.717, 1.165) is 18.5 Å². The van der Waals surface area contributed by atoms with Crippen molar-refractivity contribution in [2.75, 3.05) is 12.8 Å². The molecule has 20 heavy (non-hydrogen) atoms. The smallest absolute Gasteiger partial charge is 0.211 e. The van der Waals surface area contributed by atoms with Gasteiger partial charge in [-0.15, -0.1) is 0 Å². The number of rotatable bonds is 3. The molecule has 0 spiro atoms. The lowest BCUT2D eigenvalue weighted by Crippen LogP contribution is -2.29. The van der Waals surface area contributed by atoms with Gasteiger partial charge in [0.2, 0.25) is 10.0 Å². The fraction of sp³-hybridized carbons (Fsp3) is 0.417. The van der Waals surface area contributed by atoms with Crippen molar-refractivity contribution in [1.29, 1.82) is 0 Å². The number of sulfonamides is 1. The summed E-state index contributed by atoms with van der Waals surface area (Å²) in [7, 11) is -3.20. The van der Waals surface area contributed by atoms with Crippen molar-refractivity contribution in [1.82, 2.24) is 24.5 Å². The lowest BCUT2D eigenvalue weighted by molar-refractivity contribution is 0.393. The van der Waals surface area contributed by atoms with Gasteiger partial charge in [-0.05, 0) is 18.9 Å². The van der Waals surface area contributed by atoms with E-state index in [9.17, 15) is 8.42 Å². The molecule has 2 aromatic heterocycles. The summed E-state index contributed by atoms with van der Waals surface area (Å²) in [6.07, 6.45) is 7.80. The fourth-order valence-electron chi connectivity index (χ4n) is 2.48. The van der Waals surface area contributed by atoms with E-state index >= 15 is 0 Å². The van der Waals surface area contributed by atoms with Crippen LogP contribution in [0.4, 0.5) is 0 Å². The number of aromatic nitrogens is 4. The number of nitrogens with zero attached hydrogens (tertiary/aromatic N) is 4. The van der Waals surface area contributed by atoms with Crippen LogP contribution in [0.2, 0.25) is 0 Å². The molecule has 1 fully saturated rings. The van der Waals surface area contributed by atoms with E-state index in [1.165, 1.54) is 10.6 Å². The molecule has 8 heteroatoms. The van der Waals surface area contributed by atoms with Gasteiger partial charge in [-0.3, -0.25) is 15.1 Å². The summed E-state index contributed by atoms with van der Waals surface area (Å²) in [5.74, 6) is 0. The first kappa shape index (κ1) is 13.2. The van der Waals surface area contributed by atoms with E-state index < -0.39 is 10.0 Å². The third-order valence-corrected chi connectivity index (χ3v) is 4.71. The molecule has 0 saturated carbocycles. The summed E-state index contributed by atoms with van der Waals surface area (Å²) < 4.78 is 25.0. The maximum absolute atomic E-state index is 11.7. The highest BCUT2D eigenvalue weighted by Gasteiger charge is 2.33. The van der Waals surface area contributed by atoms with Crippen molar-refractivity contribution in [2.45, 2.75) is 18.9 Å². The third-order valence-electron chi connectivity index (χ3n) is 3.42. The van der Waals surface area contributed by atoms with Crippen LogP contribution in [0.5, 0.6) is 0 Å². The molecular weight excluding hydrogens is 278 g/mol. The SMILES string of the molecule is CS(=O)(=O)N1CCCC1c1cnc(-c2ccn[nH]2)cn1. The van der Waals surface area contributed by atoms with Crippen molar-refractivity contribution in [3.63, 3.8) is 0 Å². The lowest BCUT2D eigenvalue weighted by atomic mass is 10.1. The summed E-state index contributed by atoms with van der Waals surface area (Å²) in [6.45, 7) is 0.549. The number of nitrogens with one attached hydrogen (secondary N) is 1. The van der Waals surface area contributed by atoms with Gasteiger partial charge in [0.25, 0.3) is 0 Å². The van der Waals surface area contributed by atoms with Crippen LogP contribution in [0, 0.1) is 0 Å². The van der Waals surface area contributed by atoms with Crippen molar-refractivity contribution < 1.29 is 8.42 Å². The first-order chi connectivity index (χ1) is 9.55. The number of hydrogen-bond acceptors (Lipinski definition) is 5. The molecule has 0 radical (unpaired) electrons. The van der Waals surface area contributed by atoms with E-state index in [4.69, 9.17) is 0 Å². The molecule has 106 valence electrons. The standard InChI is InChI=1S/C12H15N5O2S/c1-20(18,19)17-6-2-3-12(17)11-8-13-10(7-14-11)9-4-5-15-16-9/h4-5,7-8,12H,2-3,6H2,1H3,(H,15,16). The molecule has 7 nitrogen and oxygen atoms in total. The molecule has 0 bridgehead atoms. The third kappa shape index (κ3) is 2.44. The molecule has 1 aliphatic rings. The van der Waals surface area contributed by atoms with Gasteiger partial charge in [0.05, 0.1) is 36.1 Å². The Balaban J connectivity index is 1.88. The first-order valence-electron chi connectivity index (χ1n) is 6.34. The number of hydrogen-bond donors (Lipinski definition) is 1. The monoisotopic (exact) mass is 293 g/mol. The van der Waals surface area contributed by atoms with Gasteiger partial charge in [-0.25, -0.2) is 8.42 Å². The van der Waals surface area contributed by atoms with Crippen molar-refractivity contribution in [3.8, 4) is 11.4 Å². The van der Waals surface area contributed by atoms with E-state index in [1.54, 1.807) is 18.6 Å². The normalized spacial score (nSPS) is 20.4. The van der Waals surface area contributed by atoms with Crippen LogP contribution in [0.1, 0.15) is 24.6 Å². The molecule has 2 aromatic rings. The molecule has 1 aliphatic heterocycles. The first-order valence-corrected chi connectivity index (χ1v) is 8.19. The quantitative estimate of drug-likeness (QED) is 0.910. The topological polar surface area (TPSA) is 91.8 Å². The van der Waals surface area contributed by atoms with Crippen LogP contribution in [0.25, 0.3) is 11.4 Å². The fourth-order valence-corrected chi connectivity index (χ4v) is 3.62. The second-order valence-corrected chi connectivity index (χ2v) is 6.76. The molecule has 1 atom stereocenters. The second kappa shape index (κ2) is 4.95. The number of H-pyrrole nitrogens is 1. The summed E-state index contributed by atoms with van der Waals surface area (Å²) in [5.41, 5.74) is 2.17. The molecule has 1 N–H and O–H groups in total. The highest BCUT2D eigenvalue weighted by atomic mass is 32.2. The van der Waals surface area contributed by atoms with E-state index in [-0.39, 0.29) is 6.04 Å². The largest absolute Gasteiger partial charge is 0.276 e. The van der Waals surface area contributed by atoms with Gasteiger partial charge < -0.3 is 0 Å². The van der Waals surface area contributed by atoms with Crippen LogP contribution < -0.4 is 0 Å². The van der Waals surface area contributed by atoms with Crippen LogP contribution in [0.3, 0.4) is 0 Å². The average molecular weight is 293 g/mol. The molecule has 3 rings (SSSR count). The van der Waals surface area contributed by atoms with Crippen LogP contribution in [0.15, 0.2) is 24.7 Å². The summed E-state index contributed by atoms with van der Waals surface area (Å²) in [4.78, 5) is 8.69. The van der Waals surface area contributed by atoms with Crippen molar-refractivity contribution in [3.05, 3.63) is 30.4 Å². The predicted octanol–water partition coefficient (Wildman–Crippen LogP) is 0.963. The Kier molecular flexibility index (Phi) is 3.27. The van der Waals surface area contributed by atoms with Gasteiger partial charge in [-0.2, -0.15) is 9.40 Å². The lowest BCUT2D eigenvalue weighted by Gasteiger charge is -2.21. The van der Waals surface area contributed by atoms with Gasteiger partial charge in [-0.1, -0.05) is 0 Å². The van der Waals surface area contributed by atoms with Crippen LogP contribution >= 0.6 is 0 Å². The Morgan fingerprint density at radius 2 is 2.20 bits per heavy atom. The maximum atomic E-state index is 11.7. The van der Waals surface area contributed by atoms with E-state index in [2.05, 4.69) is 20.2 Å². The minimum atomic E-state index is -3.20. The Bertz CT molecular complexity index is 681. The Hall–Kier alpha value is -1.80. The Labute approximate surface area is 117 Å². The molecule has 3 heterocycles. The van der Waals surface area contributed by atoms with Gasteiger partial charge in [0.1, 0.15) is 5.69 Å². The zero-order valence-corrected chi connectivity index (χ0v) is 11.8. The van der Waals surface area contributed by atoms with E-state index in [1.807, 2.05) is 6.07 Å². The predicted molar refractivity (Wildman–Crippen MR) is 73.1 cm³/mol. The summed E-state index contributed by atoms with van der Waals surface area (Å²) in [6, 6.07) is 1.61. The highest BCUT2D eigenvalue weighted by Crippen LogP contribution is 2.32. The van der Waals surface area contributed by atoms with Gasteiger partial charge in [0.15, 0.2) is 0 Å². The second-order valence-electron chi connectivity index (χ2n) is 4.83. The molecule has 0 aliphatic carbocycles. The van der Waals surface area contributed by atoms with E-state index in [0.29, 0.717) is 17.9 Å². The summed E-state index contributed by atoms with van der Waals surface area (Å²) in [5, 5.41) is 6.68. The molecule has 1 saturated heterocycles. The van der Waals surface area contributed by atoms with Gasteiger partial charge in [0, 0.05) is 12.7 Å².